The van der Waals surface area contributed by atoms with Gasteiger partial charge in [0.15, 0.2) is 26.2 Å². The molecule has 0 aromatic heterocycles. The average molecular weight is 562 g/mol. The Morgan fingerprint density at radius 1 is 0.707 bits per heavy atom. The van der Waals surface area contributed by atoms with Crippen LogP contribution in [0.5, 0.6) is 23.0 Å². The number of benzene rings is 4. The molecule has 2 atom stereocenters. The van der Waals surface area contributed by atoms with E-state index in [0.717, 1.165) is 41.9 Å². The Labute approximate surface area is 244 Å². The highest BCUT2D eigenvalue weighted by atomic mass is 32.2. The van der Waals surface area contributed by atoms with Crippen LogP contribution in [-0.2, 0) is 15.7 Å². The number of ether oxygens (including phenoxy) is 3. The molecule has 4 aliphatic carbocycles. The largest absolute Gasteiger partial charge is 0.493 e. The fourth-order valence-electron chi connectivity index (χ4n) is 8.62. The van der Waals surface area contributed by atoms with Crippen molar-refractivity contribution in [1.29, 1.82) is 0 Å². The summed E-state index contributed by atoms with van der Waals surface area (Å²) >= 11 is 0. The molecule has 4 aliphatic rings. The van der Waals surface area contributed by atoms with Crippen molar-refractivity contribution in [3.05, 3.63) is 103 Å². The van der Waals surface area contributed by atoms with E-state index in [9.17, 15) is 4.79 Å². The van der Waals surface area contributed by atoms with Gasteiger partial charge in [0.1, 0.15) is 11.5 Å². The second-order valence-electron chi connectivity index (χ2n) is 12.2. The third kappa shape index (κ3) is 3.85. The molecular formula is C36H33O4S+. The molecule has 0 saturated heterocycles. The second-order valence-corrected chi connectivity index (χ2v) is 14.3. The highest BCUT2D eigenvalue weighted by Gasteiger charge is 2.79. The van der Waals surface area contributed by atoms with Crippen LogP contribution >= 0.6 is 0 Å². The fraction of sp³-hybridized carbons (Fsp3) is 0.306. The van der Waals surface area contributed by atoms with Crippen LogP contribution in [0.4, 0.5) is 0 Å². The van der Waals surface area contributed by atoms with Crippen LogP contribution in [-0.4, -0.2) is 13.1 Å². The number of carbonyl (C=O) groups is 1. The molecule has 0 aliphatic heterocycles. The maximum atomic E-state index is 13.4. The molecule has 4 nitrogen and oxygen atoms in total. The van der Waals surface area contributed by atoms with Crippen molar-refractivity contribution in [2.75, 3.05) is 7.11 Å². The summed E-state index contributed by atoms with van der Waals surface area (Å²) in [6, 6.07) is 34.7. The van der Waals surface area contributed by atoms with Crippen LogP contribution in [0.3, 0.4) is 0 Å². The molecule has 4 saturated carbocycles. The molecule has 8 rings (SSSR count). The SMILES string of the molecule is COc1ccc([S+](c2ccccc2)c2ccccc2)cc1Oc1ccc(OC(=O)C23CC4CC5CC(C2)C54C3)cc1. The monoisotopic (exact) mass is 561 g/mol. The molecule has 4 aromatic rings. The van der Waals surface area contributed by atoms with E-state index in [-0.39, 0.29) is 22.3 Å². The van der Waals surface area contributed by atoms with E-state index in [1.807, 2.05) is 42.5 Å². The van der Waals surface area contributed by atoms with Gasteiger partial charge in [-0.2, -0.15) is 0 Å². The van der Waals surface area contributed by atoms with Crippen LogP contribution in [0.2, 0.25) is 0 Å². The van der Waals surface area contributed by atoms with Gasteiger partial charge in [0, 0.05) is 6.07 Å². The van der Waals surface area contributed by atoms with Gasteiger partial charge in [-0.1, -0.05) is 36.4 Å². The number of hydrogen-bond acceptors (Lipinski definition) is 4. The van der Waals surface area contributed by atoms with Gasteiger partial charge in [0.25, 0.3) is 0 Å². The molecule has 0 heterocycles. The third-order valence-corrected chi connectivity index (χ3v) is 12.6. The van der Waals surface area contributed by atoms with Crippen molar-refractivity contribution < 1.29 is 19.0 Å². The van der Waals surface area contributed by atoms with Crippen molar-refractivity contribution in [3.8, 4) is 23.0 Å². The number of methoxy groups -OCH3 is 1. The van der Waals surface area contributed by atoms with Crippen molar-refractivity contribution in [1.82, 2.24) is 0 Å². The van der Waals surface area contributed by atoms with Crippen molar-refractivity contribution in [3.63, 3.8) is 0 Å². The molecule has 4 fully saturated rings. The van der Waals surface area contributed by atoms with E-state index in [2.05, 4.69) is 60.7 Å². The number of fused-ring (bicyclic) bond motifs is 1. The predicted octanol–water partition coefficient (Wildman–Crippen LogP) is 8.31. The van der Waals surface area contributed by atoms with Gasteiger partial charge in [-0.05, 0) is 116 Å². The molecule has 4 aromatic carbocycles. The lowest BCUT2D eigenvalue weighted by Gasteiger charge is -2.66. The summed E-state index contributed by atoms with van der Waals surface area (Å²) in [6.07, 6.45) is 5.79. The summed E-state index contributed by atoms with van der Waals surface area (Å²) in [5.74, 6) is 4.95. The van der Waals surface area contributed by atoms with E-state index in [4.69, 9.17) is 14.2 Å². The van der Waals surface area contributed by atoms with Crippen molar-refractivity contribution >= 4 is 16.9 Å². The van der Waals surface area contributed by atoms with Crippen LogP contribution in [0.25, 0.3) is 0 Å². The minimum atomic E-state index is -0.301. The van der Waals surface area contributed by atoms with Crippen molar-refractivity contribution in [2.24, 2.45) is 28.6 Å². The minimum absolute atomic E-state index is 0.0219. The number of rotatable bonds is 8. The molecule has 5 heteroatoms. The zero-order chi connectivity index (χ0) is 27.6. The molecule has 0 radical (unpaired) electrons. The van der Waals surface area contributed by atoms with Gasteiger partial charge < -0.3 is 14.2 Å². The predicted molar refractivity (Wildman–Crippen MR) is 159 cm³/mol. The average Bonchev–Trinajstić information content (AvgIpc) is 3.49. The van der Waals surface area contributed by atoms with Crippen LogP contribution in [0.1, 0.15) is 32.1 Å². The molecule has 0 N–H and O–H groups in total. The number of esters is 1. The highest BCUT2D eigenvalue weighted by Crippen LogP contribution is 2.84. The molecule has 0 amide bonds. The van der Waals surface area contributed by atoms with Gasteiger partial charge in [-0.15, -0.1) is 0 Å². The lowest BCUT2D eigenvalue weighted by molar-refractivity contribution is -0.179. The Bertz CT molecular complexity index is 1540. The standard InChI is InChI=1S/C36H33O4S/c1-38-32-17-16-31(41(29-8-4-2-5-9-29)30-10-6-3-7-11-30)20-33(32)39-27-12-14-28(15-13-27)40-34(37)35-21-25-18-24-19-26(22-35)36(24,25)23-35/h2-17,20,24-26H,18-19,21-23H2,1H3/q+1. The maximum Gasteiger partial charge on any atom is 0.317 e. The lowest BCUT2D eigenvalue weighted by Crippen LogP contribution is -2.59. The summed E-state index contributed by atoms with van der Waals surface area (Å²) in [6.45, 7) is 0. The van der Waals surface area contributed by atoms with E-state index in [0.29, 0.717) is 28.4 Å². The van der Waals surface area contributed by atoms with Gasteiger partial charge >= 0.3 is 5.97 Å². The number of carbonyl (C=O) groups excluding carboxylic acids is 1. The normalized spacial score (nSPS) is 28.4. The summed E-state index contributed by atoms with van der Waals surface area (Å²) in [7, 11) is 1.36. The van der Waals surface area contributed by atoms with E-state index in [1.165, 1.54) is 22.6 Å². The van der Waals surface area contributed by atoms with Gasteiger partial charge in [0.2, 0.25) is 0 Å². The molecular weight excluding hydrogens is 528 g/mol. The summed E-state index contributed by atoms with van der Waals surface area (Å²) in [5, 5.41) is 0. The van der Waals surface area contributed by atoms with E-state index < -0.39 is 0 Å². The smallest absolute Gasteiger partial charge is 0.317 e. The molecule has 2 bridgehead atoms. The van der Waals surface area contributed by atoms with Gasteiger partial charge in [0.05, 0.1) is 23.4 Å². The Hall–Kier alpha value is -3.70. The quantitative estimate of drug-likeness (QED) is 0.123. The first-order valence-electron chi connectivity index (χ1n) is 14.6. The Morgan fingerprint density at radius 2 is 1.32 bits per heavy atom. The topological polar surface area (TPSA) is 44.8 Å². The minimum Gasteiger partial charge on any atom is -0.493 e. The first-order valence-corrected chi connectivity index (χ1v) is 15.8. The Balaban J connectivity index is 1.02. The molecule has 2 unspecified atom stereocenters. The molecule has 41 heavy (non-hydrogen) atoms. The Kier molecular flexibility index (Phi) is 5.75. The van der Waals surface area contributed by atoms with Gasteiger partial charge in [-0.25, -0.2) is 0 Å². The van der Waals surface area contributed by atoms with E-state index in [1.54, 1.807) is 7.11 Å². The van der Waals surface area contributed by atoms with Crippen LogP contribution in [0.15, 0.2) is 118 Å². The highest BCUT2D eigenvalue weighted by molar-refractivity contribution is 7.97. The molecule has 206 valence electrons. The third-order valence-electron chi connectivity index (χ3n) is 10.4. The lowest BCUT2D eigenvalue weighted by atomic mass is 9.38. The zero-order valence-electron chi connectivity index (χ0n) is 23.1. The van der Waals surface area contributed by atoms with Crippen molar-refractivity contribution in [2.45, 2.75) is 46.8 Å². The fourth-order valence-corrected chi connectivity index (χ4v) is 10.7. The summed E-state index contributed by atoms with van der Waals surface area (Å²) in [4.78, 5) is 17.0. The second kappa shape index (κ2) is 9.42. The first kappa shape index (κ1) is 25.0. The summed E-state index contributed by atoms with van der Waals surface area (Å²) in [5.41, 5.74) is 0.253. The van der Waals surface area contributed by atoms with E-state index >= 15 is 0 Å². The van der Waals surface area contributed by atoms with Gasteiger partial charge in [-0.3, -0.25) is 4.79 Å². The van der Waals surface area contributed by atoms with Crippen LogP contribution in [0, 0.1) is 28.6 Å². The zero-order valence-corrected chi connectivity index (χ0v) is 23.9. The molecule has 1 spiro atoms. The maximum absolute atomic E-state index is 13.4. The summed E-state index contributed by atoms with van der Waals surface area (Å²) < 4.78 is 18.0. The first-order chi connectivity index (χ1) is 20.1. The van der Waals surface area contributed by atoms with Crippen LogP contribution < -0.4 is 14.2 Å². The number of hydrogen-bond donors (Lipinski definition) is 0. The Morgan fingerprint density at radius 3 is 1.88 bits per heavy atom.